The van der Waals surface area contributed by atoms with Gasteiger partial charge in [0.25, 0.3) is 0 Å². The van der Waals surface area contributed by atoms with Crippen LogP contribution in [-0.4, -0.2) is 36.7 Å². The van der Waals surface area contributed by atoms with Gasteiger partial charge in [-0.3, -0.25) is 4.79 Å². The van der Waals surface area contributed by atoms with Crippen molar-refractivity contribution in [2.45, 2.75) is 39.3 Å². The highest BCUT2D eigenvalue weighted by atomic mass is 16.3. The molecule has 5 nitrogen and oxygen atoms in total. The topological polar surface area (TPSA) is 64.6 Å². The molecular formula is C16H25N3O2. The number of nitrogens with zero attached hydrogens (tertiary/aromatic N) is 1. The Morgan fingerprint density at radius 2 is 2.29 bits per heavy atom. The maximum atomic E-state index is 11.7. The first-order valence-electron chi connectivity index (χ1n) is 7.65. The fourth-order valence-electron chi connectivity index (χ4n) is 2.68. The van der Waals surface area contributed by atoms with Crippen LogP contribution in [0.4, 0.5) is 5.69 Å². The van der Waals surface area contributed by atoms with Crippen LogP contribution in [-0.2, 0) is 4.79 Å². The van der Waals surface area contributed by atoms with Crippen LogP contribution in [0.3, 0.4) is 0 Å². The minimum atomic E-state index is -0.209. The van der Waals surface area contributed by atoms with Crippen LogP contribution in [0, 0.1) is 0 Å². The number of hydrogen-bond acceptors (Lipinski definition) is 4. The molecule has 1 fully saturated rings. The zero-order valence-corrected chi connectivity index (χ0v) is 13.0. The third-order valence-electron chi connectivity index (χ3n) is 4.01. The summed E-state index contributed by atoms with van der Waals surface area (Å²) >= 11 is 0. The van der Waals surface area contributed by atoms with Crippen molar-refractivity contribution in [2.24, 2.45) is 0 Å². The second kappa shape index (κ2) is 6.80. The van der Waals surface area contributed by atoms with E-state index in [9.17, 15) is 9.90 Å². The molecule has 0 saturated carbocycles. The number of piperazine rings is 1. The van der Waals surface area contributed by atoms with E-state index in [1.165, 1.54) is 0 Å². The highest BCUT2D eigenvalue weighted by Crippen LogP contribution is 2.30. The summed E-state index contributed by atoms with van der Waals surface area (Å²) in [5, 5.41) is 16.5. The van der Waals surface area contributed by atoms with Crippen LogP contribution in [0.25, 0.3) is 0 Å². The number of phenols is 1. The van der Waals surface area contributed by atoms with Gasteiger partial charge in [0, 0.05) is 36.4 Å². The first kappa shape index (κ1) is 15.6. The molecule has 2 unspecified atom stereocenters. The van der Waals surface area contributed by atoms with Gasteiger partial charge in [0.2, 0.25) is 5.91 Å². The van der Waals surface area contributed by atoms with Crippen molar-refractivity contribution in [3.8, 4) is 5.75 Å². The quantitative estimate of drug-likeness (QED) is 0.774. The van der Waals surface area contributed by atoms with E-state index in [1.54, 1.807) is 6.07 Å². The van der Waals surface area contributed by atoms with Crippen molar-refractivity contribution in [3.63, 3.8) is 0 Å². The molecule has 1 aromatic rings. The number of nitrogens with one attached hydrogen (secondary N) is 2. The molecule has 1 saturated heterocycles. The molecule has 0 aromatic heterocycles. The van der Waals surface area contributed by atoms with Crippen LogP contribution in [0.1, 0.15) is 38.8 Å². The van der Waals surface area contributed by atoms with Gasteiger partial charge < -0.3 is 20.6 Å². The van der Waals surface area contributed by atoms with E-state index < -0.39 is 0 Å². The van der Waals surface area contributed by atoms with Crippen LogP contribution < -0.4 is 15.5 Å². The van der Waals surface area contributed by atoms with Gasteiger partial charge in [0.05, 0.1) is 0 Å². The fraction of sp³-hybridized carbons (Fsp3) is 0.562. The van der Waals surface area contributed by atoms with Crippen molar-refractivity contribution in [1.29, 1.82) is 0 Å². The Morgan fingerprint density at radius 1 is 1.52 bits per heavy atom. The minimum absolute atomic E-state index is 0.0304. The van der Waals surface area contributed by atoms with Crippen LogP contribution in [0.5, 0.6) is 5.75 Å². The fourth-order valence-corrected chi connectivity index (χ4v) is 2.68. The van der Waals surface area contributed by atoms with Crippen LogP contribution in [0.15, 0.2) is 18.2 Å². The van der Waals surface area contributed by atoms with E-state index in [4.69, 9.17) is 0 Å². The summed E-state index contributed by atoms with van der Waals surface area (Å²) in [5.74, 6) is 0.310. The summed E-state index contributed by atoms with van der Waals surface area (Å²) < 4.78 is 0. The lowest BCUT2D eigenvalue weighted by atomic mass is 10.0. The normalized spacial score (nSPS) is 20.2. The lowest BCUT2D eigenvalue weighted by Crippen LogP contribution is -2.54. The summed E-state index contributed by atoms with van der Waals surface area (Å²) in [6.07, 6.45) is 1.06. The zero-order chi connectivity index (χ0) is 15.4. The molecule has 1 amide bonds. The van der Waals surface area contributed by atoms with Crippen molar-refractivity contribution in [2.75, 3.05) is 24.5 Å². The Hall–Kier alpha value is -1.75. The second-order valence-electron chi connectivity index (χ2n) is 5.58. The molecule has 3 N–H and O–H groups in total. The number of anilines is 1. The zero-order valence-electron chi connectivity index (χ0n) is 13.0. The molecule has 2 rings (SSSR count). The maximum absolute atomic E-state index is 11.7. The lowest BCUT2D eigenvalue weighted by Gasteiger charge is -2.35. The average Bonchev–Trinajstić information content (AvgIpc) is 2.47. The maximum Gasteiger partial charge on any atom is 0.242 e. The van der Waals surface area contributed by atoms with Gasteiger partial charge in [-0.05, 0) is 32.9 Å². The Labute approximate surface area is 126 Å². The predicted molar refractivity (Wildman–Crippen MR) is 84.6 cm³/mol. The first-order valence-corrected chi connectivity index (χ1v) is 7.65. The number of rotatable bonds is 5. The number of amides is 1. The van der Waals surface area contributed by atoms with Crippen molar-refractivity contribution < 1.29 is 9.90 Å². The molecule has 1 aliphatic rings. The predicted octanol–water partition coefficient (Wildman–Crippen LogP) is 1.78. The van der Waals surface area contributed by atoms with Gasteiger partial charge in [-0.15, -0.1) is 0 Å². The number of phenolic OH excluding ortho intramolecular Hbond substituents is 1. The van der Waals surface area contributed by atoms with Crippen LogP contribution >= 0.6 is 0 Å². The van der Waals surface area contributed by atoms with E-state index in [-0.39, 0.29) is 23.7 Å². The molecule has 0 radical (unpaired) electrons. The summed E-state index contributed by atoms with van der Waals surface area (Å²) in [7, 11) is 0. The molecule has 1 aromatic carbocycles. The molecule has 1 heterocycles. The van der Waals surface area contributed by atoms with E-state index in [0.29, 0.717) is 6.54 Å². The van der Waals surface area contributed by atoms with Gasteiger partial charge in [0.1, 0.15) is 11.8 Å². The smallest absolute Gasteiger partial charge is 0.242 e. The molecule has 1 aliphatic heterocycles. The van der Waals surface area contributed by atoms with E-state index >= 15 is 0 Å². The van der Waals surface area contributed by atoms with Crippen molar-refractivity contribution in [3.05, 3.63) is 23.8 Å². The van der Waals surface area contributed by atoms with Gasteiger partial charge in [-0.2, -0.15) is 0 Å². The van der Waals surface area contributed by atoms with Gasteiger partial charge >= 0.3 is 0 Å². The van der Waals surface area contributed by atoms with Gasteiger partial charge in [0.15, 0.2) is 0 Å². The Kier molecular flexibility index (Phi) is 5.07. The van der Waals surface area contributed by atoms with Crippen molar-refractivity contribution >= 4 is 11.6 Å². The number of hydrogen-bond donors (Lipinski definition) is 3. The van der Waals surface area contributed by atoms with Gasteiger partial charge in [-0.1, -0.05) is 13.0 Å². The highest BCUT2D eigenvalue weighted by molar-refractivity contribution is 5.86. The lowest BCUT2D eigenvalue weighted by molar-refractivity contribution is -0.122. The number of carbonyl (C=O) groups excluding carboxylic acids is 1. The number of benzene rings is 1. The van der Waals surface area contributed by atoms with E-state index in [1.807, 2.05) is 30.9 Å². The number of aromatic hydroxyl groups is 1. The third-order valence-corrected chi connectivity index (χ3v) is 4.01. The minimum Gasteiger partial charge on any atom is -0.508 e. The monoisotopic (exact) mass is 291 g/mol. The largest absolute Gasteiger partial charge is 0.508 e. The molecule has 0 bridgehead atoms. The van der Waals surface area contributed by atoms with Crippen LogP contribution in [0.2, 0.25) is 0 Å². The Bertz CT molecular complexity index is 504. The highest BCUT2D eigenvalue weighted by Gasteiger charge is 2.26. The number of carbonyl (C=O) groups is 1. The standard InChI is InChI=1S/C16H25N3O2/c1-4-7-17-11(2)14-6-5-13(10-15(14)20)19-9-8-18-16(21)12(19)3/h5-6,10-12,17,20H,4,7-9H2,1-3H3,(H,18,21). The average molecular weight is 291 g/mol. The molecular weight excluding hydrogens is 266 g/mol. The molecule has 21 heavy (non-hydrogen) atoms. The molecule has 0 spiro atoms. The summed E-state index contributed by atoms with van der Waals surface area (Å²) in [6.45, 7) is 8.36. The molecule has 2 atom stereocenters. The summed E-state index contributed by atoms with van der Waals surface area (Å²) in [5.41, 5.74) is 1.78. The Balaban J connectivity index is 2.16. The van der Waals surface area contributed by atoms with E-state index in [0.717, 1.165) is 30.8 Å². The molecule has 5 heteroatoms. The van der Waals surface area contributed by atoms with E-state index in [2.05, 4.69) is 17.6 Å². The first-order chi connectivity index (χ1) is 10.0. The second-order valence-corrected chi connectivity index (χ2v) is 5.58. The molecule has 0 aliphatic carbocycles. The third kappa shape index (κ3) is 3.47. The van der Waals surface area contributed by atoms with Crippen molar-refractivity contribution in [1.82, 2.24) is 10.6 Å². The Morgan fingerprint density at radius 3 is 2.95 bits per heavy atom. The molecule has 116 valence electrons. The SMILES string of the molecule is CCCNC(C)c1ccc(N2CCNC(=O)C2C)cc1O. The summed E-state index contributed by atoms with van der Waals surface area (Å²) in [4.78, 5) is 13.8. The summed E-state index contributed by atoms with van der Waals surface area (Å²) in [6, 6.07) is 5.58. The van der Waals surface area contributed by atoms with Gasteiger partial charge in [-0.25, -0.2) is 0 Å².